The predicted molar refractivity (Wildman–Crippen MR) is 39.6 cm³/mol. The van der Waals surface area contributed by atoms with Gasteiger partial charge in [-0.2, -0.15) is 0 Å². The highest BCUT2D eigenvalue weighted by Crippen LogP contribution is 2.02. The van der Waals surface area contributed by atoms with E-state index in [0.29, 0.717) is 0 Å². The molecule has 0 aliphatic carbocycles. The maximum absolute atomic E-state index is 9.93. The van der Waals surface area contributed by atoms with Crippen LogP contribution in [-0.4, -0.2) is 10.0 Å². The van der Waals surface area contributed by atoms with Crippen LogP contribution in [0.15, 0.2) is 18.2 Å². The Morgan fingerprint density at radius 1 is 1.64 bits per heavy atom. The monoisotopic (exact) mass is 153 g/mol. The van der Waals surface area contributed by atoms with Crippen molar-refractivity contribution in [2.75, 3.05) is 5.43 Å². The molecule has 1 aromatic heterocycles. The number of nitrogens with one attached hydrogen (secondary N) is 1. The first-order chi connectivity index (χ1) is 5.18. The highest BCUT2D eigenvalue weighted by molar-refractivity contribution is 5.31. The molecule has 0 aliphatic rings. The summed E-state index contributed by atoms with van der Waals surface area (Å²) in [5, 5.41) is 9.30. The minimum atomic E-state index is -0.637. The normalized spacial score (nSPS) is 9.18. The van der Waals surface area contributed by atoms with Crippen molar-refractivity contribution in [2.45, 2.75) is 6.92 Å². The van der Waals surface area contributed by atoms with Crippen LogP contribution < -0.4 is 5.43 Å². The lowest BCUT2D eigenvalue weighted by atomic mass is 10.4. The van der Waals surface area contributed by atoms with Crippen molar-refractivity contribution >= 4 is 5.82 Å². The molecule has 5 heteroatoms. The number of nitrogens with zero attached hydrogens (tertiary/aromatic N) is 2. The average Bonchev–Trinajstić information content (AvgIpc) is 1.85. The Bertz CT molecular complexity index is 274. The molecule has 0 atom stereocenters. The third-order valence-electron chi connectivity index (χ3n) is 1.09. The molecule has 1 rings (SSSR count). The first-order valence-corrected chi connectivity index (χ1v) is 3.03. The van der Waals surface area contributed by atoms with Gasteiger partial charge in [0, 0.05) is 5.69 Å². The van der Waals surface area contributed by atoms with Crippen molar-refractivity contribution in [3.63, 3.8) is 0 Å². The Balaban J connectivity index is 2.79. The molecule has 1 aromatic rings. The van der Waals surface area contributed by atoms with Gasteiger partial charge in [-0.15, -0.1) is 0 Å². The molecule has 5 nitrogen and oxygen atoms in total. The summed E-state index contributed by atoms with van der Waals surface area (Å²) in [6.45, 7) is 1.77. The summed E-state index contributed by atoms with van der Waals surface area (Å²) in [5.74, 6) is 0.259. The molecule has 58 valence electrons. The number of aryl methyl sites for hydroxylation is 1. The second kappa shape index (κ2) is 2.96. The molecule has 0 spiro atoms. The van der Waals surface area contributed by atoms with Gasteiger partial charge in [0.25, 0.3) is 0 Å². The number of hydrogen-bond donors (Lipinski definition) is 1. The summed E-state index contributed by atoms with van der Waals surface area (Å²) >= 11 is 0. The molecule has 0 amide bonds. The van der Waals surface area contributed by atoms with E-state index in [0.717, 1.165) is 5.69 Å². The predicted octanol–water partition coefficient (Wildman–Crippen LogP) is 0.994. The summed E-state index contributed by atoms with van der Waals surface area (Å²) in [6.07, 6.45) is 0. The maximum atomic E-state index is 9.93. The summed E-state index contributed by atoms with van der Waals surface area (Å²) in [5.41, 5.74) is 2.70. The lowest BCUT2D eigenvalue weighted by Crippen LogP contribution is -2.09. The number of pyridine rings is 1. The van der Waals surface area contributed by atoms with E-state index in [4.69, 9.17) is 0 Å². The summed E-state index contributed by atoms with van der Waals surface area (Å²) in [4.78, 5) is 13.8. The first-order valence-electron chi connectivity index (χ1n) is 3.03. The first kappa shape index (κ1) is 7.46. The quantitative estimate of drug-likeness (QED) is 0.508. The summed E-state index contributed by atoms with van der Waals surface area (Å²) in [6, 6.07) is 5.01. The average molecular weight is 153 g/mol. The Morgan fingerprint density at radius 3 is 2.91 bits per heavy atom. The molecule has 1 heterocycles. The van der Waals surface area contributed by atoms with E-state index in [1.165, 1.54) is 6.07 Å². The Hall–Kier alpha value is -1.65. The van der Waals surface area contributed by atoms with Crippen LogP contribution in [0.25, 0.3) is 0 Å². The molecule has 0 unspecified atom stereocenters. The van der Waals surface area contributed by atoms with Gasteiger partial charge in [0.1, 0.15) is 0 Å². The van der Waals surface area contributed by atoms with Gasteiger partial charge >= 0.3 is 0 Å². The van der Waals surface area contributed by atoms with E-state index >= 15 is 0 Å². The van der Waals surface area contributed by atoms with Crippen LogP contribution in [0.4, 0.5) is 5.82 Å². The number of aromatic nitrogens is 1. The number of hydrazine groups is 1. The van der Waals surface area contributed by atoms with Gasteiger partial charge in [-0.1, -0.05) is 11.5 Å². The number of hydrogen-bond acceptors (Lipinski definition) is 3. The van der Waals surface area contributed by atoms with Crippen LogP contribution in [0.5, 0.6) is 0 Å². The van der Waals surface area contributed by atoms with Crippen LogP contribution >= 0.6 is 0 Å². The van der Waals surface area contributed by atoms with Crippen LogP contribution in [0.3, 0.4) is 0 Å². The standard InChI is InChI=1S/C6H7N3O2/c1-5-3-2-4-6(7-5)8-9(10)11/h2-4H,1H3,(H,7,8). The highest BCUT2D eigenvalue weighted by Gasteiger charge is 1.98. The zero-order valence-corrected chi connectivity index (χ0v) is 5.94. The lowest BCUT2D eigenvalue weighted by molar-refractivity contribution is -0.445. The van der Waals surface area contributed by atoms with Crippen LogP contribution in [-0.2, 0) is 0 Å². The van der Waals surface area contributed by atoms with Crippen LogP contribution in [0.2, 0.25) is 0 Å². The Kier molecular flexibility index (Phi) is 2.00. The van der Waals surface area contributed by atoms with Gasteiger partial charge < -0.3 is 0 Å². The third-order valence-corrected chi connectivity index (χ3v) is 1.09. The van der Waals surface area contributed by atoms with E-state index in [1.54, 1.807) is 19.1 Å². The third kappa shape index (κ3) is 2.21. The molecule has 0 aliphatic heterocycles. The fourth-order valence-electron chi connectivity index (χ4n) is 0.699. The minimum Gasteiger partial charge on any atom is -0.234 e. The molecule has 0 saturated carbocycles. The van der Waals surface area contributed by atoms with Crippen molar-refractivity contribution in [1.82, 2.24) is 4.98 Å². The van der Waals surface area contributed by atoms with Crippen molar-refractivity contribution in [3.8, 4) is 0 Å². The van der Waals surface area contributed by atoms with Gasteiger partial charge in [-0.05, 0) is 19.1 Å². The summed E-state index contributed by atoms with van der Waals surface area (Å²) in [7, 11) is 0. The van der Waals surface area contributed by atoms with Gasteiger partial charge in [0.2, 0.25) is 0 Å². The molecule has 0 bridgehead atoms. The van der Waals surface area contributed by atoms with Crippen molar-refractivity contribution in [2.24, 2.45) is 0 Å². The lowest BCUT2D eigenvalue weighted by Gasteiger charge is -1.95. The van der Waals surface area contributed by atoms with E-state index in [2.05, 4.69) is 4.98 Å². The van der Waals surface area contributed by atoms with Crippen molar-refractivity contribution < 1.29 is 5.03 Å². The fraction of sp³-hybridized carbons (Fsp3) is 0.167. The van der Waals surface area contributed by atoms with Crippen LogP contribution in [0, 0.1) is 17.0 Å². The molecule has 1 N–H and O–H groups in total. The topological polar surface area (TPSA) is 68.1 Å². The van der Waals surface area contributed by atoms with Gasteiger partial charge in [0.15, 0.2) is 10.9 Å². The van der Waals surface area contributed by atoms with Gasteiger partial charge in [-0.25, -0.2) is 15.1 Å². The van der Waals surface area contributed by atoms with E-state index in [9.17, 15) is 10.1 Å². The van der Waals surface area contributed by atoms with E-state index in [-0.39, 0.29) is 5.82 Å². The molecular formula is C6H7N3O2. The SMILES string of the molecule is Cc1cccc(N[N+](=O)[O-])n1. The molecule has 0 fully saturated rings. The second-order valence-electron chi connectivity index (χ2n) is 2.03. The Labute approximate surface area is 63.2 Å². The van der Waals surface area contributed by atoms with Crippen LogP contribution in [0.1, 0.15) is 5.69 Å². The van der Waals surface area contributed by atoms with Gasteiger partial charge in [-0.3, -0.25) is 0 Å². The smallest absolute Gasteiger partial charge is 0.190 e. The summed E-state index contributed by atoms with van der Waals surface area (Å²) < 4.78 is 0. The van der Waals surface area contributed by atoms with Gasteiger partial charge in [0.05, 0.1) is 0 Å². The minimum absolute atomic E-state index is 0.259. The number of nitro groups is 1. The largest absolute Gasteiger partial charge is 0.234 e. The molecule has 11 heavy (non-hydrogen) atoms. The molecule has 0 radical (unpaired) electrons. The highest BCUT2D eigenvalue weighted by atomic mass is 16.7. The molecular weight excluding hydrogens is 146 g/mol. The zero-order chi connectivity index (χ0) is 8.27. The Morgan fingerprint density at radius 2 is 2.36 bits per heavy atom. The maximum Gasteiger partial charge on any atom is 0.190 e. The zero-order valence-electron chi connectivity index (χ0n) is 5.94. The second-order valence-corrected chi connectivity index (χ2v) is 2.03. The fourth-order valence-corrected chi connectivity index (χ4v) is 0.699. The van der Waals surface area contributed by atoms with Crippen molar-refractivity contribution in [1.29, 1.82) is 0 Å². The van der Waals surface area contributed by atoms with E-state index in [1.807, 2.05) is 5.43 Å². The van der Waals surface area contributed by atoms with Crippen molar-refractivity contribution in [3.05, 3.63) is 34.0 Å². The molecule has 0 aromatic carbocycles. The number of rotatable bonds is 2. The number of anilines is 1. The molecule has 0 saturated heterocycles. The van der Waals surface area contributed by atoms with E-state index < -0.39 is 5.03 Å².